The van der Waals surface area contributed by atoms with Gasteiger partial charge in [-0.15, -0.1) is 0 Å². The number of nitrogen functional groups attached to an aromatic ring is 1. The molecular formula is C12H11Br2N5O2. The average molecular weight is 417 g/mol. The highest BCUT2D eigenvalue weighted by atomic mass is 79.9. The number of carbonyl (C=O) groups excluding carboxylic acids is 1. The molecule has 0 saturated carbocycles. The average Bonchev–Trinajstić information content (AvgIpc) is 2.50. The molecule has 110 valence electrons. The van der Waals surface area contributed by atoms with Gasteiger partial charge in [0.25, 0.3) is 5.91 Å². The van der Waals surface area contributed by atoms with Crippen molar-refractivity contribution < 1.29 is 9.53 Å². The van der Waals surface area contributed by atoms with Crippen LogP contribution < -0.4 is 21.3 Å². The molecule has 0 aliphatic rings. The zero-order valence-electron chi connectivity index (χ0n) is 10.9. The number of nitrogens with one attached hydrogen (secondary N) is 2. The maximum atomic E-state index is 12.2. The molecule has 9 heteroatoms. The fourth-order valence-corrected chi connectivity index (χ4v) is 2.77. The van der Waals surface area contributed by atoms with Crippen molar-refractivity contribution in [3.63, 3.8) is 0 Å². The van der Waals surface area contributed by atoms with E-state index in [4.69, 9.17) is 10.6 Å². The molecule has 0 unspecified atom stereocenters. The lowest BCUT2D eigenvalue weighted by Crippen LogP contribution is -2.17. The molecule has 0 radical (unpaired) electrons. The van der Waals surface area contributed by atoms with Crippen molar-refractivity contribution in [2.45, 2.75) is 0 Å². The number of hydrogen-bond donors (Lipinski definition) is 3. The number of anilines is 2. The largest absolute Gasteiger partial charge is 0.495 e. The minimum Gasteiger partial charge on any atom is -0.495 e. The quantitative estimate of drug-likeness (QED) is 0.522. The van der Waals surface area contributed by atoms with Gasteiger partial charge in [-0.2, -0.15) is 0 Å². The Morgan fingerprint density at radius 2 is 2.05 bits per heavy atom. The van der Waals surface area contributed by atoms with Crippen LogP contribution in [0.4, 0.5) is 11.5 Å². The summed E-state index contributed by atoms with van der Waals surface area (Å²) in [5, 5.41) is 2.72. The third-order valence-corrected chi connectivity index (χ3v) is 3.78. The summed E-state index contributed by atoms with van der Waals surface area (Å²) in [6.45, 7) is 0. The van der Waals surface area contributed by atoms with Gasteiger partial charge in [0.05, 0.1) is 29.7 Å². The van der Waals surface area contributed by atoms with Crippen molar-refractivity contribution in [1.82, 2.24) is 9.97 Å². The Hall–Kier alpha value is -1.71. The summed E-state index contributed by atoms with van der Waals surface area (Å²) < 4.78 is 6.66. The molecule has 1 aromatic heterocycles. The molecule has 0 fully saturated rings. The molecule has 1 heterocycles. The van der Waals surface area contributed by atoms with E-state index in [1.165, 1.54) is 12.4 Å². The first-order chi connectivity index (χ1) is 10.0. The van der Waals surface area contributed by atoms with Gasteiger partial charge in [0, 0.05) is 10.5 Å². The highest BCUT2D eigenvalue weighted by Gasteiger charge is 2.13. The Balaban J connectivity index is 2.26. The number of aromatic nitrogens is 2. The van der Waals surface area contributed by atoms with Crippen molar-refractivity contribution in [3.05, 3.63) is 39.2 Å². The van der Waals surface area contributed by atoms with Crippen molar-refractivity contribution in [2.24, 2.45) is 5.84 Å². The van der Waals surface area contributed by atoms with E-state index in [1.807, 2.05) is 0 Å². The van der Waals surface area contributed by atoms with Gasteiger partial charge < -0.3 is 15.5 Å². The fraction of sp³-hybridized carbons (Fsp3) is 0.0833. The topological polar surface area (TPSA) is 102 Å². The third-order valence-electron chi connectivity index (χ3n) is 2.50. The van der Waals surface area contributed by atoms with Gasteiger partial charge in [-0.05, 0) is 37.9 Å². The summed E-state index contributed by atoms with van der Waals surface area (Å²) >= 11 is 6.73. The van der Waals surface area contributed by atoms with E-state index in [9.17, 15) is 4.79 Å². The molecular weight excluding hydrogens is 406 g/mol. The second-order valence-corrected chi connectivity index (χ2v) is 5.56. The lowest BCUT2D eigenvalue weighted by molar-refractivity contribution is 0.102. The monoisotopic (exact) mass is 415 g/mol. The minimum atomic E-state index is -0.412. The van der Waals surface area contributed by atoms with E-state index >= 15 is 0 Å². The van der Waals surface area contributed by atoms with Crippen molar-refractivity contribution >= 4 is 49.3 Å². The SMILES string of the molecule is COc1cc(NC(=O)c2cncc(NN)n2)c(Br)cc1Br. The molecule has 0 atom stereocenters. The van der Waals surface area contributed by atoms with Gasteiger partial charge in [0.15, 0.2) is 5.82 Å². The number of carbonyl (C=O) groups is 1. The molecule has 4 N–H and O–H groups in total. The van der Waals surface area contributed by atoms with Gasteiger partial charge in [-0.1, -0.05) is 0 Å². The van der Waals surface area contributed by atoms with E-state index < -0.39 is 5.91 Å². The smallest absolute Gasteiger partial charge is 0.275 e. The molecule has 0 bridgehead atoms. The van der Waals surface area contributed by atoms with Crippen LogP contribution in [0, 0.1) is 0 Å². The van der Waals surface area contributed by atoms with Gasteiger partial charge in [-0.25, -0.2) is 10.8 Å². The zero-order valence-corrected chi connectivity index (χ0v) is 14.0. The van der Waals surface area contributed by atoms with E-state index in [1.54, 1.807) is 19.2 Å². The number of ether oxygens (including phenoxy) is 1. The number of benzene rings is 1. The molecule has 0 spiro atoms. The van der Waals surface area contributed by atoms with E-state index in [2.05, 4.69) is 52.6 Å². The number of hydrogen-bond acceptors (Lipinski definition) is 6. The van der Waals surface area contributed by atoms with Crippen molar-refractivity contribution in [1.29, 1.82) is 0 Å². The molecule has 21 heavy (non-hydrogen) atoms. The number of methoxy groups -OCH3 is 1. The second kappa shape index (κ2) is 6.83. The molecule has 0 saturated heterocycles. The zero-order chi connectivity index (χ0) is 15.4. The summed E-state index contributed by atoms with van der Waals surface area (Å²) in [6, 6.07) is 3.46. The van der Waals surface area contributed by atoms with Crippen LogP contribution in [0.5, 0.6) is 5.75 Å². The first kappa shape index (κ1) is 15.7. The summed E-state index contributed by atoms with van der Waals surface area (Å²) in [5.41, 5.74) is 3.02. The van der Waals surface area contributed by atoms with Crippen LogP contribution in [0.25, 0.3) is 0 Å². The van der Waals surface area contributed by atoms with E-state index in [-0.39, 0.29) is 5.69 Å². The van der Waals surface area contributed by atoms with Crippen LogP contribution in [-0.4, -0.2) is 23.0 Å². The molecule has 2 rings (SSSR count). The number of nitrogens with zero attached hydrogens (tertiary/aromatic N) is 2. The summed E-state index contributed by atoms with van der Waals surface area (Å²) in [5.74, 6) is 5.72. The maximum Gasteiger partial charge on any atom is 0.275 e. The van der Waals surface area contributed by atoms with Gasteiger partial charge in [0.1, 0.15) is 11.4 Å². The Kier molecular flexibility index (Phi) is 5.10. The molecule has 1 aromatic carbocycles. The lowest BCUT2D eigenvalue weighted by Gasteiger charge is -2.11. The van der Waals surface area contributed by atoms with Crippen LogP contribution >= 0.6 is 31.9 Å². The summed E-state index contributed by atoms with van der Waals surface area (Å²) in [6.07, 6.45) is 2.76. The second-order valence-electron chi connectivity index (χ2n) is 3.85. The van der Waals surface area contributed by atoms with Gasteiger partial charge in [-0.3, -0.25) is 9.78 Å². The number of halogens is 2. The third kappa shape index (κ3) is 3.69. The summed E-state index contributed by atoms with van der Waals surface area (Å²) in [7, 11) is 1.54. The van der Waals surface area contributed by atoms with Crippen molar-refractivity contribution in [2.75, 3.05) is 17.9 Å². The first-order valence-corrected chi connectivity index (χ1v) is 7.26. The number of nitrogens with two attached hydrogens (primary N) is 1. The lowest BCUT2D eigenvalue weighted by atomic mass is 10.3. The summed E-state index contributed by atoms with van der Waals surface area (Å²) in [4.78, 5) is 20.1. The molecule has 2 aromatic rings. The minimum absolute atomic E-state index is 0.138. The maximum absolute atomic E-state index is 12.2. The fourth-order valence-electron chi connectivity index (χ4n) is 1.51. The molecule has 1 amide bonds. The number of hydrazine groups is 1. The Labute approximate surface area is 137 Å². The predicted molar refractivity (Wildman–Crippen MR) is 86.2 cm³/mol. The van der Waals surface area contributed by atoms with Crippen LogP contribution in [0.15, 0.2) is 33.5 Å². The van der Waals surface area contributed by atoms with E-state index in [0.29, 0.717) is 21.7 Å². The van der Waals surface area contributed by atoms with Crippen LogP contribution in [0.1, 0.15) is 10.5 Å². The molecule has 0 aliphatic heterocycles. The Morgan fingerprint density at radius 1 is 1.29 bits per heavy atom. The van der Waals surface area contributed by atoms with Gasteiger partial charge >= 0.3 is 0 Å². The van der Waals surface area contributed by atoms with Gasteiger partial charge in [0.2, 0.25) is 0 Å². The van der Waals surface area contributed by atoms with Crippen LogP contribution in [0.3, 0.4) is 0 Å². The Bertz CT molecular complexity index is 681. The predicted octanol–water partition coefficient (Wildman–Crippen LogP) is 2.55. The Morgan fingerprint density at radius 3 is 2.71 bits per heavy atom. The number of amides is 1. The normalized spacial score (nSPS) is 10.1. The standard InChI is InChI=1S/C12H11Br2N5O2/c1-21-10-3-8(6(13)2-7(10)14)18-12(20)9-4-16-5-11(17-9)19-15/h2-5H,15H2,1H3,(H,17,19)(H,18,20). The number of rotatable bonds is 4. The van der Waals surface area contributed by atoms with Crippen LogP contribution in [-0.2, 0) is 0 Å². The van der Waals surface area contributed by atoms with Crippen LogP contribution in [0.2, 0.25) is 0 Å². The first-order valence-electron chi connectivity index (χ1n) is 5.68. The highest BCUT2D eigenvalue weighted by molar-refractivity contribution is 9.11. The van der Waals surface area contributed by atoms with Crippen molar-refractivity contribution in [3.8, 4) is 5.75 Å². The van der Waals surface area contributed by atoms with E-state index in [0.717, 1.165) is 4.47 Å². The molecule has 0 aliphatic carbocycles. The highest BCUT2D eigenvalue weighted by Crippen LogP contribution is 2.34. The molecule has 7 nitrogen and oxygen atoms in total.